The van der Waals surface area contributed by atoms with Gasteiger partial charge in [0, 0.05) is 5.56 Å². The summed E-state index contributed by atoms with van der Waals surface area (Å²) in [7, 11) is -2.66. The molecule has 0 radical (unpaired) electrons. The van der Waals surface area contributed by atoms with Crippen LogP contribution in [0.25, 0.3) is 22.0 Å². The zero-order chi connectivity index (χ0) is 21.5. The third kappa shape index (κ3) is 3.27. The van der Waals surface area contributed by atoms with Gasteiger partial charge in [-0.05, 0) is 54.4 Å². The molecule has 0 bridgehead atoms. The fourth-order valence-corrected chi connectivity index (χ4v) is 4.77. The molecule has 6 nitrogen and oxygen atoms in total. The van der Waals surface area contributed by atoms with E-state index < -0.39 is 16.0 Å². The number of esters is 1. The van der Waals surface area contributed by atoms with Crippen molar-refractivity contribution in [2.45, 2.75) is 18.7 Å². The first kappa shape index (κ1) is 19.8. The summed E-state index contributed by atoms with van der Waals surface area (Å²) >= 11 is 0. The second-order valence-corrected chi connectivity index (χ2v) is 8.84. The van der Waals surface area contributed by atoms with Gasteiger partial charge in [0.1, 0.15) is 0 Å². The fraction of sp³-hybridized carbons (Fsp3) is 0.130. The predicted octanol–water partition coefficient (Wildman–Crippen LogP) is 4.34. The van der Waals surface area contributed by atoms with E-state index in [1.165, 1.54) is 13.3 Å². The van der Waals surface area contributed by atoms with E-state index in [1.54, 1.807) is 43.3 Å². The van der Waals surface area contributed by atoms with E-state index in [0.717, 1.165) is 20.4 Å². The summed E-state index contributed by atoms with van der Waals surface area (Å²) in [5, 5.41) is 5.87. The van der Waals surface area contributed by atoms with Crippen molar-refractivity contribution in [1.82, 2.24) is 9.19 Å². The minimum Gasteiger partial charge on any atom is -0.465 e. The topological polar surface area (TPSA) is 78.3 Å². The standard InChI is InChI=1S/C23H20N2O4S/c1-15-8-10-19(11-9-15)30(27,28)25-22(16(2)14-24-25)20-12-17-6-4-5-7-18(17)13-21(20)23(26)29-3/h4-14H,1-3H3. The lowest BCUT2D eigenvalue weighted by Gasteiger charge is -2.14. The summed E-state index contributed by atoms with van der Waals surface area (Å²) in [6.07, 6.45) is 1.48. The Morgan fingerprint density at radius 1 is 0.967 bits per heavy atom. The maximum atomic E-state index is 13.4. The number of carbonyl (C=O) groups is 1. The van der Waals surface area contributed by atoms with E-state index in [1.807, 2.05) is 31.2 Å². The van der Waals surface area contributed by atoms with Crippen LogP contribution < -0.4 is 0 Å². The molecule has 0 unspecified atom stereocenters. The van der Waals surface area contributed by atoms with Gasteiger partial charge in [-0.3, -0.25) is 0 Å². The van der Waals surface area contributed by atoms with Crippen molar-refractivity contribution in [1.29, 1.82) is 0 Å². The maximum Gasteiger partial charge on any atom is 0.338 e. The number of hydrogen-bond acceptors (Lipinski definition) is 5. The maximum absolute atomic E-state index is 13.4. The molecule has 7 heteroatoms. The van der Waals surface area contributed by atoms with Crippen LogP contribution in [0, 0.1) is 13.8 Å². The molecule has 0 saturated carbocycles. The highest BCUT2D eigenvalue weighted by atomic mass is 32.2. The van der Waals surface area contributed by atoms with E-state index in [2.05, 4.69) is 5.10 Å². The molecular formula is C23H20N2O4S. The van der Waals surface area contributed by atoms with Crippen LogP contribution in [0.3, 0.4) is 0 Å². The van der Waals surface area contributed by atoms with Gasteiger partial charge in [-0.2, -0.15) is 17.6 Å². The van der Waals surface area contributed by atoms with Gasteiger partial charge in [0.2, 0.25) is 0 Å². The lowest BCUT2D eigenvalue weighted by molar-refractivity contribution is 0.0601. The summed E-state index contributed by atoms with van der Waals surface area (Å²) in [5.74, 6) is -0.546. The van der Waals surface area contributed by atoms with E-state index in [0.29, 0.717) is 16.8 Å². The van der Waals surface area contributed by atoms with Crippen molar-refractivity contribution in [3.05, 3.63) is 83.6 Å². The quantitative estimate of drug-likeness (QED) is 0.459. The van der Waals surface area contributed by atoms with Gasteiger partial charge in [-0.25, -0.2) is 4.79 Å². The van der Waals surface area contributed by atoms with Gasteiger partial charge in [-0.15, -0.1) is 0 Å². The van der Waals surface area contributed by atoms with Crippen molar-refractivity contribution < 1.29 is 17.9 Å². The lowest BCUT2D eigenvalue weighted by Crippen LogP contribution is -2.17. The van der Waals surface area contributed by atoms with Gasteiger partial charge < -0.3 is 4.74 Å². The minimum absolute atomic E-state index is 0.123. The molecule has 4 aromatic rings. The Balaban J connectivity index is 2.01. The predicted molar refractivity (Wildman–Crippen MR) is 115 cm³/mol. The molecule has 0 aliphatic heterocycles. The van der Waals surface area contributed by atoms with Crippen LogP contribution in [0.2, 0.25) is 0 Å². The van der Waals surface area contributed by atoms with E-state index in [4.69, 9.17) is 4.74 Å². The van der Waals surface area contributed by atoms with Crippen LogP contribution in [0.15, 0.2) is 71.8 Å². The highest BCUT2D eigenvalue weighted by molar-refractivity contribution is 7.90. The van der Waals surface area contributed by atoms with Crippen molar-refractivity contribution in [3.63, 3.8) is 0 Å². The van der Waals surface area contributed by atoms with Crippen molar-refractivity contribution in [3.8, 4) is 11.3 Å². The molecule has 30 heavy (non-hydrogen) atoms. The molecule has 0 aliphatic carbocycles. The number of ether oxygens (including phenoxy) is 1. The van der Waals surface area contributed by atoms with Crippen LogP contribution in [-0.4, -0.2) is 30.7 Å². The Labute approximate surface area is 174 Å². The molecule has 1 heterocycles. The highest BCUT2D eigenvalue weighted by Gasteiger charge is 2.26. The number of nitrogens with zero attached hydrogens (tertiary/aromatic N) is 2. The van der Waals surface area contributed by atoms with Crippen LogP contribution in [0.5, 0.6) is 0 Å². The molecule has 0 N–H and O–H groups in total. The monoisotopic (exact) mass is 420 g/mol. The highest BCUT2D eigenvalue weighted by Crippen LogP contribution is 2.33. The Hall–Kier alpha value is -3.45. The first-order valence-corrected chi connectivity index (χ1v) is 10.8. The number of carbonyl (C=O) groups excluding carboxylic acids is 1. The third-order valence-corrected chi connectivity index (χ3v) is 6.61. The van der Waals surface area contributed by atoms with Crippen LogP contribution in [0.1, 0.15) is 21.5 Å². The molecule has 4 rings (SSSR count). The van der Waals surface area contributed by atoms with Crippen LogP contribution >= 0.6 is 0 Å². The largest absolute Gasteiger partial charge is 0.465 e. The summed E-state index contributed by atoms with van der Waals surface area (Å²) in [6.45, 7) is 3.65. The second kappa shape index (κ2) is 7.42. The second-order valence-electron chi connectivity index (χ2n) is 7.07. The summed E-state index contributed by atoms with van der Waals surface area (Å²) in [5.41, 5.74) is 2.65. The number of aryl methyl sites for hydroxylation is 2. The molecule has 0 amide bonds. The molecule has 0 atom stereocenters. The Morgan fingerprint density at radius 3 is 2.23 bits per heavy atom. The Morgan fingerprint density at radius 2 is 1.60 bits per heavy atom. The summed E-state index contributed by atoms with van der Waals surface area (Å²) < 4.78 is 32.7. The van der Waals surface area contributed by atoms with E-state index >= 15 is 0 Å². The lowest BCUT2D eigenvalue weighted by atomic mass is 9.97. The van der Waals surface area contributed by atoms with Gasteiger partial charge in [0.05, 0.1) is 29.5 Å². The normalized spacial score (nSPS) is 11.6. The SMILES string of the molecule is COC(=O)c1cc2ccccc2cc1-c1c(C)cnn1S(=O)(=O)c1ccc(C)cc1. The molecule has 0 fully saturated rings. The molecule has 1 aromatic heterocycles. The summed E-state index contributed by atoms with van der Waals surface area (Å²) in [4.78, 5) is 12.7. The van der Waals surface area contributed by atoms with E-state index in [9.17, 15) is 13.2 Å². The minimum atomic E-state index is -3.96. The fourth-order valence-electron chi connectivity index (χ4n) is 3.43. The first-order valence-electron chi connectivity index (χ1n) is 9.31. The number of aromatic nitrogens is 2. The first-order chi connectivity index (χ1) is 14.3. The van der Waals surface area contributed by atoms with Crippen molar-refractivity contribution in [2.75, 3.05) is 7.11 Å². The Kier molecular flexibility index (Phi) is 4.91. The molecule has 0 saturated heterocycles. The van der Waals surface area contributed by atoms with Gasteiger partial charge >= 0.3 is 5.97 Å². The van der Waals surface area contributed by atoms with Gasteiger partial charge in [-0.1, -0.05) is 42.0 Å². The average Bonchev–Trinajstić information content (AvgIpc) is 3.14. The van der Waals surface area contributed by atoms with Gasteiger partial charge in [0.15, 0.2) is 0 Å². The molecule has 0 aliphatic rings. The zero-order valence-corrected chi connectivity index (χ0v) is 17.6. The van der Waals surface area contributed by atoms with Crippen LogP contribution in [-0.2, 0) is 14.8 Å². The number of fused-ring (bicyclic) bond motifs is 1. The van der Waals surface area contributed by atoms with E-state index in [-0.39, 0.29) is 10.5 Å². The van der Waals surface area contributed by atoms with Crippen molar-refractivity contribution >= 4 is 26.8 Å². The van der Waals surface area contributed by atoms with Crippen LogP contribution in [0.4, 0.5) is 0 Å². The van der Waals surface area contributed by atoms with Crippen molar-refractivity contribution in [2.24, 2.45) is 0 Å². The number of benzene rings is 3. The number of rotatable bonds is 4. The molecule has 0 spiro atoms. The third-order valence-electron chi connectivity index (χ3n) is 5.01. The zero-order valence-electron chi connectivity index (χ0n) is 16.8. The van der Waals surface area contributed by atoms with Gasteiger partial charge in [0.25, 0.3) is 10.0 Å². The molecule has 152 valence electrons. The summed E-state index contributed by atoms with van der Waals surface area (Å²) in [6, 6.07) is 17.6. The average molecular weight is 420 g/mol. The smallest absolute Gasteiger partial charge is 0.338 e. The molecular weight excluding hydrogens is 400 g/mol. The molecule has 3 aromatic carbocycles. The Bertz CT molecular complexity index is 1370. The number of hydrogen-bond donors (Lipinski definition) is 0. The number of methoxy groups -OCH3 is 1.